The Morgan fingerprint density at radius 2 is 2.04 bits per heavy atom. The van der Waals surface area contributed by atoms with Crippen LogP contribution in [0.1, 0.15) is 19.4 Å². The van der Waals surface area contributed by atoms with Crippen LogP contribution >= 0.6 is 11.8 Å². The number of hydrogen-bond donors (Lipinski definition) is 1. The van der Waals surface area contributed by atoms with Gasteiger partial charge in [0.15, 0.2) is 5.16 Å². The average molecular weight is 375 g/mol. The van der Waals surface area contributed by atoms with Crippen molar-refractivity contribution in [3.63, 3.8) is 0 Å². The molecule has 0 radical (unpaired) electrons. The third-order valence-corrected chi connectivity index (χ3v) is 5.16. The second kappa shape index (κ2) is 9.05. The molecule has 0 atom stereocenters. The van der Waals surface area contributed by atoms with E-state index in [0.29, 0.717) is 19.8 Å². The van der Waals surface area contributed by atoms with E-state index < -0.39 is 0 Å². The molecule has 1 fully saturated rings. The number of carbonyl (C=O) groups excluding carboxylic acids is 1. The molecule has 7 nitrogen and oxygen atoms in total. The molecule has 0 unspecified atom stereocenters. The number of rotatable bonds is 7. The lowest BCUT2D eigenvalue weighted by Crippen LogP contribution is -2.38. The summed E-state index contributed by atoms with van der Waals surface area (Å²) in [4.78, 5) is 13.3. The van der Waals surface area contributed by atoms with E-state index >= 15 is 0 Å². The summed E-state index contributed by atoms with van der Waals surface area (Å²) in [6.07, 6.45) is 0.937. The summed E-state index contributed by atoms with van der Waals surface area (Å²) >= 11 is 1.60. The minimum Gasteiger partial charge on any atom is -0.378 e. The van der Waals surface area contributed by atoms with E-state index in [1.54, 1.807) is 11.8 Å². The Balaban J connectivity index is 1.91. The van der Waals surface area contributed by atoms with Crippen LogP contribution in [0.4, 0.5) is 5.95 Å². The molecule has 0 saturated carbocycles. The van der Waals surface area contributed by atoms with Crippen LogP contribution in [0.2, 0.25) is 0 Å². The molecule has 0 spiro atoms. The van der Waals surface area contributed by atoms with Crippen molar-refractivity contribution in [1.82, 2.24) is 20.1 Å². The van der Waals surface area contributed by atoms with Crippen molar-refractivity contribution >= 4 is 23.6 Å². The maximum Gasteiger partial charge on any atom is 0.232 e. The van der Waals surface area contributed by atoms with Gasteiger partial charge in [-0.1, -0.05) is 36.9 Å². The first-order valence-electron chi connectivity index (χ1n) is 8.94. The lowest BCUT2D eigenvalue weighted by atomic mass is 10.1. The molecule has 1 aliphatic rings. The smallest absolute Gasteiger partial charge is 0.232 e. The summed E-state index contributed by atoms with van der Waals surface area (Å²) in [7, 11) is 0. The highest BCUT2D eigenvalue weighted by atomic mass is 32.2. The van der Waals surface area contributed by atoms with E-state index in [4.69, 9.17) is 4.74 Å². The van der Waals surface area contributed by atoms with Gasteiger partial charge >= 0.3 is 0 Å². The van der Waals surface area contributed by atoms with Gasteiger partial charge in [0.05, 0.1) is 18.9 Å². The largest absolute Gasteiger partial charge is 0.378 e. The molecule has 3 rings (SSSR count). The molecular formula is C18H25N5O2S. The third-order valence-electron chi connectivity index (χ3n) is 4.23. The summed E-state index contributed by atoms with van der Waals surface area (Å²) in [5.74, 6) is 1.59. The van der Waals surface area contributed by atoms with E-state index in [1.165, 1.54) is 12.5 Å². The molecule has 0 bridgehead atoms. The molecule has 1 aliphatic heterocycles. The average Bonchev–Trinajstić information content (AvgIpc) is 3.09. The monoisotopic (exact) mass is 375 g/mol. The minimum atomic E-state index is -0.0163. The Morgan fingerprint density at radius 1 is 1.27 bits per heavy atom. The summed E-state index contributed by atoms with van der Waals surface area (Å²) in [6, 6.07) is 8.36. The Labute approximate surface area is 158 Å². The number of aryl methyl sites for hydroxylation is 1. The number of hydrogen-bond acceptors (Lipinski definition) is 6. The predicted octanol–water partition coefficient (Wildman–Crippen LogP) is 1.89. The topological polar surface area (TPSA) is 72.3 Å². The second-order valence-electron chi connectivity index (χ2n) is 6.03. The zero-order valence-electron chi connectivity index (χ0n) is 15.3. The zero-order valence-corrected chi connectivity index (χ0v) is 16.1. The number of carbonyl (C=O) groups is 1. The lowest BCUT2D eigenvalue weighted by molar-refractivity contribution is -0.118. The number of benzene rings is 1. The first-order valence-corrected chi connectivity index (χ1v) is 9.93. The van der Waals surface area contributed by atoms with Crippen LogP contribution in [0.3, 0.4) is 0 Å². The molecule has 140 valence electrons. The summed E-state index contributed by atoms with van der Waals surface area (Å²) in [6.45, 7) is 7.31. The Bertz CT molecular complexity index is 743. The van der Waals surface area contributed by atoms with Crippen molar-refractivity contribution in [3.05, 3.63) is 29.8 Å². The predicted molar refractivity (Wildman–Crippen MR) is 103 cm³/mol. The quantitative estimate of drug-likeness (QED) is 0.589. The SMILES string of the molecule is CCc1ccccc1-n1c(SCCNC(C)=O)nnc1N1CCOCC1. The van der Waals surface area contributed by atoms with Crippen molar-refractivity contribution in [2.45, 2.75) is 25.4 Å². The molecular weight excluding hydrogens is 350 g/mol. The van der Waals surface area contributed by atoms with Gasteiger partial charge in [-0.25, -0.2) is 0 Å². The number of nitrogens with zero attached hydrogens (tertiary/aromatic N) is 4. The maximum atomic E-state index is 11.1. The Hall–Kier alpha value is -2.06. The molecule has 1 amide bonds. The highest BCUT2D eigenvalue weighted by Gasteiger charge is 2.22. The van der Waals surface area contributed by atoms with Gasteiger partial charge in [-0.15, -0.1) is 10.2 Å². The van der Waals surface area contributed by atoms with E-state index in [9.17, 15) is 4.79 Å². The minimum absolute atomic E-state index is 0.0163. The molecule has 2 heterocycles. The fraction of sp³-hybridized carbons (Fsp3) is 0.500. The summed E-state index contributed by atoms with van der Waals surface area (Å²) < 4.78 is 7.62. The summed E-state index contributed by atoms with van der Waals surface area (Å²) in [5.41, 5.74) is 2.37. The number of para-hydroxylation sites is 1. The van der Waals surface area contributed by atoms with Crippen LogP contribution < -0.4 is 10.2 Å². The van der Waals surface area contributed by atoms with Crippen LogP contribution in [-0.2, 0) is 16.0 Å². The second-order valence-corrected chi connectivity index (χ2v) is 7.09. The number of thioether (sulfide) groups is 1. The number of anilines is 1. The highest BCUT2D eigenvalue weighted by molar-refractivity contribution is 7.99. The van der Waals surface area contributed by atoms with Crippen LogP contribution in [0.25, 0.3) is 5.69 Å². The van der Waals surface area contributed by atoms with Crippen molar-refractivity contribution in [2.24, 2.45) is 0 Å². The van der Waals surface area contributed by atoms with Gasteiger partial charge in [0.1, 0.15) is 0 Å². The molecule has 2 aromatic rings. The normalized spacial score (nSPS) is 14.5. The number of aromatic nitrogens is 3. The lowest BCUT2D eigenvalue weighted by Gasteiger charge is -2.28. The van der Waals surface area contributed by atoms with Gasteiger partial charge < -0.3 is 15.0 Å². The van der Waals surface area contributed by atoms with Crippen molar-refractivity contribution in [2.75, 3.05) is 43.5 Å². The zero-order chi connectivity index (χ0) is 18.4. The molecule has 1 saturated heterocycles. The Kier molecular flexibility index (Phi) is 6.51. The first kappa shape index (κ1) is 18.7. The van der Waals surface area contributed by atoms with Gasteiger partial charge in [0.25, 0.3) is 0 Å². The molecule has 8 heteroatoms. The molecule has 1 aromatic heterocycles. The van der Waals surface area contributed by atoms with E-state index in [0.717, 1.165) is 42.1 Å². The van der Waals surface area contributed by atoms with Crippen LogP contribution in [0.15, 0.2) is 29.4 Å². The van der Waals surface area contributed by atoms with Gasteiger partial charge in [-0.2, -0.15) is 0 Å². The summed E-state index contributed by atoms with van der Waals surface area (Å²) in [5, 5.41) is 12.6. The van der Waals surface area contributed by atoms with Crippen molar-refractivity contribution in [1.29, 1.82) is 0 Å². The van der Waals surface area contributed by atoms with E-state index in [1.807, 2.05) is 6.07 Å². The number of morpholine rings is 1. The third kappa shape index (κ3) is 4.37. The van der Waals surface area contributed by atoms with Gasteiger partial charge in [0.2, 0.25) is 11.9 Å². The fourth-order valence-corrected chi connectivity index (χ4v) is 3.73. The van der Waals surface area contributed by atoms with Crippen molar-refractivity contribution < 1.29 is 9.53 Å². The number of amides is 1. The molecule has 1 aromatic carbocycles. The fourth-order valence-electron chi connectivity index (χ4n) is 2.93. The maximum absolute atomic E-state index is 11.1. The van der Waals surface area contributed by atoms with Crippen LogP contribution in [-0.4, -0.2) is 59.3 Å². The molecule has 1 N–H and O–H groups in total. The van der Waals surface area contributed by atoms with E-state index in [-0.39, 0.29) is 5.91 Å². The van der Waals surface area contributed by atoms with Crippen LogP contribution in [0.5, 0.6) is 0 Å². The van der Waals surface area contributed by atoms with Gasteiger partial charge in [0, 0.05) is 32.3 Å². The number of nitrogens with one attached hydrogen (secondary N) is 1. The molecule has 0 aliphatic carbocycles. The van der Waals surface area contributed by atoms with Crippen molar-refractivity contribution in [3.8, 4) is 5.69 Å². The van der Waals surface area contributed by atoms with Crippen LogP contribution in [0, 0.1) is 0 Å². The highest BCUT2D eigenvalue weighted by Crippen LogP contribution is 2.29. The number of ether oxygens (including phenoxy) is 1. The standard InChI is InChI=1S/C18H25N5O2S/c1-3-15-6-4-5-7-16(15)23-17(22-9-11-25-12-10-22)20-21-18(23)26-13-8-19-14(2)24/h4-7H,3,8-13H2,1-2H3,(H,19,24). The molecule has 26 heavy (non-hydrogen) atoms. The Morgan fingerprint density at radius 3 is 2.77 bits per heavy atom. The van der Waals surface area contributed by atoms with E-state index in [2.05, 4.69) is 50.1 Å². The van der Waals surface area contributed by atoms with Gasteiger partial charge in [-0.3, -0.25) is 9.36 Å². The van der Waals surface area contributed by atoms with Gasteiger partial charge in [-0.05, 0) is 18.1 Å². The first-order chi connectivity index (χ1) is 12.7.